The van der Waals surface area contributed by atoms with Crippen LogP contribution in [0.2, 0.25) is 0 Å². The molecule has 0 aliphatic rings. The average Bonchev–Trinajstić information content (AvgIpc) is 2.27. The highest BCUT2D eigenvalue weighted by Crippen LogP contribution is 2.33. The number of hydrogen-bond donors (Lipinski definition) is 1. The molecule has 96 valence electrons. The fourth-order valence-electron chi connectivity index (χ4n) is 1.53. The van der Waals surface area contributed by atoms with Crippen LogP contribution >= 0.6 is 0 Å². The van der Waals surface area contributed by atoms with Crippen LogP contribution in [0.3, 0.4) is 0 Å². The van der Waals surface area contributed by atoms with Crippen molar-refractivity contribution in [3.63, 3.8) is 0 Å². The van der Waals surface area contributed by atoms with E-state index in [-0.39, 0.29) is 11.5 Å². The van der Waals surface area contributed by atoms with Gasteiger partial charge in [-0.3, -0.25) is 0 Å². The van der Waals surface area contributed by atoms with Crippen molar-refractivity contribution < 1.29 is 18.3 Å². The zero-order valence-electron chi connectivity index (χ0n) is 10.5. The second-order valence-electron chi connectivity index (χ2n) is 4.68. The summed E-state index contributed by atoms with van der Waals surface area (Å²) < 4.78 is 28.2. The lowest BCUT2D eigenvalue weighted by atomic mass is 9.85. The first-order valence-corrected chi connectivity index (χ1v) is 7.11. The minimum absolute atomic E-state index is 0.0867. The first-order chi connectivity index (χ1) is 7.72. The summed E-state index contributed by atoms with van der Waals surface area (Å²) in [5.41, 5.74) is 0.136. The molecule has 0 spiro atoms. The van der Waals surface area contributed by atoms with Gasteiger partial charge in [0.15, 0.2) is 9.84 Å². The lowest BCUT2D eigenvalue weighted by Crippen LogP contribution is -2.23. The highest BCUT2D eigenvalue weighted by atomic mass is 32.2. The highest BCUT2D eigenvalue weighted by molar-refractivity contribution is 7.90. The van der Waals surface area contributed by atoms with Crippen LogP contribution in [0.15, 0.2) is 23.1 Å². The highest BCUT2D eigenvalue weighted by Gasteiger charge is 2.25. The topological polar surface area (TPSA) is 63.6 Å². The van der Waals surface area contributed by atoms with E-state index in [0.717, 1.165) is 6.26 Å². The van der Waals surface area contributed by atoms with Gasteiger partial charge in [0, 0.05) is 17.2 Å². The predicted molar refractivity (Wildman–Crippen MR) is 66.2 cm³/mol. The zero-order chi connectivity index (χ0) is 13.3. The van der Waals surface area contributed by atoms with Crippen LogP contribution in [0.5, 0.6) is 5.75 Å². The van der Waals surface area contributed by atoms with Crippen molar-refractivity contribution in [2.24, 2.45) is 0 Å². The van der Waals surface area contributed by atoms with Gasteiger partial charge in [-0.15, -0.1) is 0 Å². The summed E-state index contributed by atoms with van der Waals surface area (Å²) in [5.74, 6) is 0.580. The normalized spacial score (nSPS) is 12.5. The van der Waals surface area contributed by atoms with Crippen LogP contribution in [0.25, 0.3) is 0 Å². The van der Waals surface area contributed by atoms with Crippen molar-refractivity contribution in [3.8, 4) is 5.75 Å². The molecule has 1 aromatic carbocycles. The largest absolute Gasteiger partial charge is 0.496 e. The maximum Gasteiger partial charge on any atom is 0.175 e. The molecule has 4 nitrogen and oxygen atoms in total. The first-order valence-electron chi connectivity index (χ1n) is 5.22. The second kappa shape index (κ2) is 4.66. The van der Waals surface area contributed by atoms with Crippen LogP contribution in [0.1, 0.15) is 19.4 Å². The van der Waals surface area contributed by atoms with Crippen LogP contribution in [0, 0.1) is 0 Å². The molecule has 1 N–H and O–H groups in total. The first kappa shape index (κ1) is 14.0. The van der Waals surface area contributed by atoms with E-state index in [4.69, 9.17) is 4.74 Å². The summed E-state index contributed by atoms with van der Waals surface area (Å²) in [4.78, 5) is 0.231. The van der Waals surface area contributed by atoms with Gasteiger partial charge in [0.25, 0.3) is 0 Å². The molecule has 0 heterocycles. The van der Waals surface area contributed by atoms with Crippen LogP contribution in [-0.4, -0.2) is 33.5 Å². The number of aliphatic hydroxyl groups is 1. The predicted octanol–water partition coefficient (Wildman–Crippen LogP) is 1.37. The van der Waals surface area contributed by atoms with E-state index < -0.39 is 15.3 Å². The Hall–Kier alpha value is -1.07. The SMILES string of the molecule is COc1ccc(S(C)(=O)=O)cc1C(C)(C)CO. The Morgan fingerprint density at radius 2 is 1.94 bits per heavy atom. The number of benzene rings is 1. The van der Waals surface area contributed by atoms with E-state index >= 15 is 0 Å². The van der Waals surface area contributed by atoms with Crippen LogP contribution < -0.4 is 4.74 Å². The maximum absolute atomic E-state index is 11.5. The number of hydrogen-bond acceptors (Lipinski definition) is 4. The van der Waals surface area contributed by atoms with E-state index in [0.29, 0.717) is 11.3 Å². The van der Waals surface area contributed by atoms with E-state index in [2.05, 4.69) is 0 Å². The molecule has 0 saturated heterocycles. The third kappa shape index (κ3) is 2.98. The molecule has 17 heavy (non-hydrogen) atoms. The monoisotopic (exact) mass is 258 g/mol. The van der Waals surface area contributed by atoms with E-state index in [9.17, 15) is 13.5 Å². The van der Waals surface area contributed by atoms with Gasteiger partial charge in [0.05, 0.1) is 18.6 Å². The molecule has 0 saturated carbocycles. The van der Waals surface area contributed by atoms with Gasteiger partial charge in [-0.2, -0.15) is 0 Å². The van der Waals surface area contributed by atoms with Gasteiger partial charge in [0.2, 0.25) is 0 Å². The van der Waals surface area contributed by atoms with Crippen LogP contribution in [0.4, 0.5) is 0 Å². The minimum atomic E-state index is -3.26. The Bertz CT molecular complexity index is 503. The molecule has 0 atom stereocenters. The van der Waals surface area contributed by atoms with Crippen molar-refractivity contribution in [2.75, 3.05) is 20.0 Å². The average molecular weight is 258 g/mol. The Balaban J connectivity index is 3.46. The number of ether oxygens (including phenoxy) is 1. The molecule has 0 unspecified atom stereocenters. The summed E-state index contributed by atoms with van der Waals surface area (Å²) in [6.45, 7) is 3.57. The molecule has 1 rings (SSSR count). The standard InChI is InChI=1S/C12H18O4S/c1-12(2,8-13)10-7-9(17(4,14)15)5-6-11(10)16-3/h5-7,13H,8H2,1-4H3. The summed E-state index contributed by atoms with van der Waals surface area (Å²) in [5, 5.41) is 9.36. The maximum atomic E-state index is 11.5. The molecule has 0 amide bonds. The van der Waals surface area contributed by atoms with E-state index in [1.165, 1.54) is 13.2 Å². The molecular weight excluding hydrogens is 240 g/mol. The molecule has 0 aliphatic heterocycles. The number of aliphatic hydroxyl groups excluding tert-OH is 1. The molecule has 0 radical (unpaired) electrons. The Morgan fingerprint density at radius 3 is 2.35 bits per heavy atom. The fraction of sp³-hybridized carbons (Fsp3) is 0.500. The summed E-state index contributed by atoms with van der Waals surface area (Å²) in [6, 6.07) is 4.68. The second-order valence-corrected chi connectivity index (χ2v) is 6.69. The molecule has 0 fully saturated rings. The van der Waals surface area contributed by atoms with Gasteiger partial charge in [0.1, 0.15) is 5.75 Å². The molecule has 5 heteroatoms. The fourth-order valence-corrected chi connectivity index (χ4v) is 2.18. The van der Waals surface area contributed by atoms with Crippen molar-refractivity contribution in [3.05, 3.63) is 23.8 Å². The number of methoxy groups -OCH3 is 1. The quantitative estimate of drug-likeness (QED) is 0.886. The van der Waals surface area contributed by atoms with Crippen molar-refractivity contribution >= 4 is 9.84 Å². The number of sulfone groups is 1. The van der Waals surface area contributed by atoms with E-state index in [1.54, 1.807) is 12.1 Å². The summed E-state index contributed by atoms with van der Waals surface area (Å²) in [7, 11) is -1.74. The Labute approximate surface area is 102 Å². The lowest BCUT2D eigenvalue weighted by Gasteiger charge is -2.25. The molecule has 0 aromatic heterocycles. The molecular formula is C12H18O4S. The Morgan fingerprint density at radius 1 is 1.35 bits per heavy atom. The van der Waals surface area contributed by atoms with Gasteiger partial charge < -0.3 is 9.84 Å². The number of rotatable bonds is 4. The Kier molecular flexibility index (Phi) is 3.84. The van der Waals surface area contributed by atoms with Crippen LogP contribution in [-0.2, 0) is 15.3 Å². The third-order valence-corrected chi connectivity index (χ3v) is 3.83. The lowest BCUT2D eigenvalue weighted by molar-refractivity contribution is 0.214. The van der Waals surface area contributed by atoms with E-state index in [1.807, 2.05) is 13.8 Å². The minimum Gasteiger partial charge on any atom is -0.496 e. The summed E-state index contributed by atoms with van der Waals surface area (Å²) in [6.07, 6.45) is 1.16. The van der Waals surface area contributed by atoms with Gasteiger partial charge in [-0.1, -0.05) is 13.8 Å². The molecule has 1 aromatic rings. The van der Waals surface area contributed by atoms with Gasteiger partial charge in [-0.25, -0.2) is 8.42 Å². The zero-order valence-corrected chi connectivity index (χ0v) is 11.3. The summed E-state index contributed by atoms with van der Waals surface area (Å²) >= 11 is 0. The molecule has 0 bridgehead atoms. The van der Waals surface area contributed by atoms with Gasteiger partial charge in [-0.05, 0) is 18.2 Å². The smallest absolute Gasteiger partial charge is 0.175 e. The van der Waals surface area contributed by atoms with Crippen molar-refractivity contribution in [1.29, 1.82) is 0 Å². The van der Waals surface area contributed by atoms with Crippen molar-refractivity contribution in [2.45, 2.75) is 24.2 Å². The third-order valence-electron chi connectivity index (χ3n) is 2.72. The van der Waals surface area contributed by atoms with Crippen molar-refractivity contribution in [1.82, 2.24) is 0 Å². The molecule has 0 aliphatic carbocycles. The van der Waals surface area contributed by atoms with Gasteiger partial charge >= 0.3 is 0 Å².